The molecule has 0 heterocycles. The van der Waals surface area contributed by atoms with Crippen molar-refractivity contribution in [3.63, 3.8) is 0 Å². The fourth-order valence-electron chi connectivity index (χ4n) is 10.7. The van der Waals surface area contributed by atoms with E-state index in [0.29, 0.717) is 35.1 Å². The van der Waals surface area contributed by atoms with Crippen LogP contribution in [0.4, 0.5) is 0 Å². The third kappa shape index (κ3) is 8.12. The van der Waals surface area contributed by atoms with Gasteiger partial charge in [-0.1, -0.05) is 34.6 Å². The van der Waals surface area contributed by atoms with Gasteiger partial charge >= 0.3 is 10.4 Å². The average molecular weight is 612 g/mol. The summed E-state index contributed by atoms with van der Waals surface area (Å²) >= 11 is 0. The van der Waals surface area contributed by atoms with Crippen molar-refractivity contribution in [3.05, 3.63) is 0 Å². The number of hydrogen-bond acceptors (Lipinski definition) is 6. The molecule has 4 aliphatic rings. The van der Waals surface area contributed by atoms with Gasteiger partial charge in [-0.2, -0.15) is 8.42 Å². The zero-order valence-electron chi connectivity index (χ0n) is 27.6. The van der Waals surface area contributed by atoms with Crippen LogP contribution >= 0.6 is 0 Å². The second-order valence-corrected chi connectivity index (χ2v) is 16.8. The van der Waals surface area contributed by atoms with E-state index < -0.39 is 16.5 Å². The summed E-state index contributed by atoms with van der Waals surface area (Å²) in [5.41, 5.74) is 6.50. The second kappa shape index (κ2) is 14.9. The molecule has 4 rings (SSSR count). The van der Waals surface area contributed by atoms with Crippen LogP contribution < -0.4 is 16.4 Å². The maximum Gasteiger partial charge on any atom is 0.397 e. The highest BCUT2D eigenvalue weighted by atomic mass is 32.3. The summed E-state index contributed by atoms with van der Waals surface area (Å²) in [6, 6.07) is 0.696. The van der Waals surface area contributed by atoms with Crippen LogP contribution in [0.25, 0.3) is 0 Å². The molecule has 6 unspecified atom stereocenters. The van der Waals surface area contributed by atoms with Crippen LogP contribution in [-0.4, -0.2) is 51.3 Å². The first-order valence-electron chi connectivity index (χ1n) is 17.7. The van der Waals surface area contributed by atoms with Crippen LogP contribution in [0.1, 0.15) is 125 Å². The highest BCUT2D eigenvalue weighted by Gasteiger charge is 2.60. The number of nitrogens with two attached hydrogens (primary N) is 1. The lowest BCUT2D eigenvalue weighted by atomic mass is 9.44. The molecule has 4 aliphatic carbocycles. The average Bonchev–Trinajstić information content (AvgIpc) is 3.29. The Morgan fingerprint density at radius 3 is 2.31 bits per heavy atom. The molecule has 0 bridgehead atoms. The zero-order chi connectivity index (χ0) is 30.5. The number of rotatable bonds is 16. The normalized spacial score (nSPS) is 38.1. The number of hydrogen-bond donors (Lipinski definition) is 4. The van der Waals surface area contributed by atoms with Gasteiger partial charge in [0.1, 0.15) is 0 Å². The van der Waals surface area contributed by atoms with E-state index in [2.05, 4.69) is 31.4 Å². The Hall–Kier alpha value is -0.250. The maximum absolute atomic E-state index is 11.4. The van der Waals surface area contributed by atoms with E-state index >= 15 is 0 Å². The van der Waals surface area contributed by atoms with Gasteiger partial charge in [0.25, 0.3) is 0 Å². The molecular weight excluding hydrogens is 546 g/mol. The van der Waals surface area contributed by atoms with E-state index in [0.717, 1.165) is 62.7 Å². The highest BCUT2D eigenvalue weighted by molar-refractivity contribution is 7.80. The minimum atomic E-state index is -4.42. The molecule has 0 aromatic heterocycles. The molecule has 0 saturated heterocycles. The number of nitrogens with one attached hydrogen (secondary N) is 2. The smallest absolute Gasteiger partial charge is 0.330 e. The summed E-state index contributed by atoms with van der Waals surface area (Å²) < 4.78 is 37.1. The van der Waals surface area contributed by atoms with E-state index in [1.54, 1.807) is 0 Å². The van der Waals surface area contributed by atoms with Crippen molar-refractivity contribution in [2.75, 3.05) is 26.2 Å². The van der Waals surface area contributed by atoms with Crippen molar-refractivity contribution in [2.45, 2.75) is 137 Å². The standard InChI is InChI=1S/C34H65N3O4S/c1-24(2)32(41-42(38,39)40)14-9-25(3)29-12-13-30-28-11-10-26-23-27(37-22-8-21-36-20-7-6-19-35)15-17-33(26,4)31(28)16-18-34(29,30)5/h24-32,36-37H,6-23,35H2,1-5H3,(H,38,39,40)/t25-,26?,27+,28?,29?,30?,31?,32?,33+,34-/m1/s1. The third-order valence-corrected chi connectivity index (χ3v) is 13.6. The first kappa shape index (κ1) is 34.6. The van der Waals surface area contributed by atoms with Crippen molar-refractivity contribution in [1.82, 2.24) is 10.6 Å². The van der Waals surface area contributed by atoms with Gasteiger partial charge in [-0.25, -0.2) is 4.18 Å². The van der Waals surface area contributed by atoms with Crippen LogP contribution in [0.3, 0.4) is 0 Å². The summed E-state index contributed by atoms with van der Waals surface area (Å²) in [7, 11) is -4.42. The van der Waals surface area contributed by atoms with E-state index in [1.807, 2.05) is 13.8 Å². The lowest BCUT2D eigenvalue weighted by Gasteiger charge is -2.61. The molecule has 4 saturated carbocycles. The monoisotopic (exact) mass is 611 g/mol. The molecule has 4 fully saturated rings. The highest BCUT2D eigenvalue weighted by Crippen LogP contribution is 2.68. The zero-order valence-corrected chi connectivity index (χ0v) is 28.4. The predicted molar refractivity (Wildman–Crippen MR) is 172 cm³/mol. The van der Waals surface area contributed by atoms with Crippen molar-refractivity contribution >= 4 is 10.4 Å². The third-order valence-electron chi connectivity index (χ3n) is 13.1. The fourth-order valence-corrected chi connectivity index (χ4v) is 11.4. The second-order valence-electron chi connectivity index (χ2n) is 15.8. The fraction of sp³-hybridized carbons (Fsp3) is 1.00. The van der Waals surface area contributed by atoms with Gasteiger partial charge in [-0.3, -0.25) is 4.55 Å². The van der Waals surface area contributed by atoms with Crippen LogP contribution in [0, 0.1) is 52.3 Å². The number of fused-ring (bicyclic) bond motifs is 5. The van der Waals surface area contributed by atoms with E-state index in [-0.39, 0.29) is 5.92 Å². The van der Waals surface area contributed by atoms with Crippen molar-refractivity contribution in [1.29, 1.82) is 0 Å². The van der Waals surface area contributed by atoms with Crippen molar-refractivity contribution in [2.24, 2.45) is 58.0 Å². The molecule has 0 aromatic carbocycles. The molecule has 246 valence electrons. The van der Waals surface area contributed by atoms with E-state index in [9.17, 15) is 13.0 Å². The SMILES string of the molecule is CC(C)C(CC[C@@H](C)C1CCC2C3CCC4C[C@@H](NCCCNCCCCN)CC[C@]4(C)C3CC[C@@]21C)OS(=O)(=O)O. The van der Waals surface area contributed by atoms with Crippen molar-refractivity contribution in [3.8, 4) is 0 Å². The molecule has 0 aliphatic heterocycles. The summed E-state index contributed by atoms with van der Waals surface area (Å²) in [6.45, 7) is 15.7. The van der Waals surface area contributed by atoms with Crippen LogP contribution in [0.5, 0.6) is 0 Å². The van der Waals surface area contributed by atoms with Gasteiger partial charge in [-0.15, -0.1) is 0 Å². The molecular formula is C34H65N3O4S. The molecule has 0 aromatic rings. The van der Waals surface area contributed by atoms with Gasteiger partial charge in [0.05, 0.1) is 6.10 Å². The predicted octanol–water partition coefficient (Wildman–Crippen LogP) is 6.58. The van der Waals surface area contributed by atoms with E-state index in [1.165, 1.54) is 70.6 Å². The summed E-state index contributed by atoms with van der Waals surface area (Å²) in [5, 5.41) is 7.49. The minimum Gasteiger partial charge on any atom is -0.330 e. The molecule has 0 radical (unpaired) electrons. The Morgan fingerprint density at radius 1 is 0.881 bits per heavy atom. The van der Waals surface area contributed by atoms with Gasteiger partial charge in [-0.05, 0) is 168 Å². The van der Waals surface area contributed by atoms with Gasteiger partial charge in [0, 0.05) is 6.04 Å². The molecule has 0 amide bonds. The first-order valence-corrected chi connectivity index (χ1v) is 19.1. The Labute approximate surface area is 258 Å². The summed E-state index contributed by atoms with van der Waals surface area (Å²) in [5.74, 6) is 4.76. The van der Waals surface area contributed by atoms with E-state index in [4.69, 9.17) is 9.92 Å². The lowest BCUT2D eigenvalue weighted by Crippen LogP contribution is -2.55. The Morgan fingerprint density at radius 2 is 1.60 bits per heavy atom. The van der Waals surface area contributed by atoms with Crippen LogP contribution in [-0.2, 0) is 14.6 Å². The van der Waals surface area contributed by atoms with Gasteiger partial charge in [0.15, 0.2) is 0 Å². The minimum absolute atomic E-state index is 0.0521. The van der Waals surface area contributed by atoms with Gasteiger partial charge < -0.3 is 16.4 Å². The Bertz CT molecular complexity index is 947. The molecule has 10 atom stereocenters. The molecule has 0 spiro atoms. The maximum atomic E-state index is 11.4. The topological polar surface area (TPSA) is 114 Å². The summed E-state index contributed by atoms with van der Waals surface area (Å²) in [6.07, 6.45) is 17.0. The van der Waals surface area contributed by atoms with Crippen molar-refractivity contribution < 1.29 is 17.2 Å². The van der Waals surface area contributed by atoms with Gasteiger partial charge in [0.2, 0.25) is 0 Å². The van der Waals surface area contributed by atoms with Crippen LogP contribution in [0.2, 0.25) is 0 Å². The Kier molecular flexibility index (Phi) is 12.3. The summed E-state index contributed by atoms with van der Waals surface area (Å²) in [4.78, 5) is 0. The molecule has 42 heavy (non-hydrogen) atoms. The number of unbranched alkanes of at least 4 members (excludes halogenated alkanes) is 1. The van der Waals surface area contributed by atoms with Crippen LogP contribution in [0.15, 0.2) is 0 Å². The lowest BCUT2D eigenvalue weighted by molar-refractivity contribution is -0.118. The largest absolute Gasteiger partial charge is 0.397 e. The first-order chi connectivity index (χ1) is 19.9. The molecule has 7 nitrogen and oxygen atoms in total. The molecule has 8 heteroatoms. The Balaban J connectivity index is 1.28. The quantitative estimate of drug-likeness (QED) is 0.115. The molecule has 5 N–H and O–H groups in total.